The zero-order valence-corrected chi connectivity index (χ0v) is 19.4. The van der Waals surface area contributed by atoms with E-state index in [0.717, 1.165) is 5.56 Å². The molecular formula is C23H32ClN3O4. The number of piperidine rings is 1. The van der Waals surface area contributed by atoms with Crippen molar-refractivity contribution in [3.8, 4) is 0 Å². The van der Waals surface area contributed by atoms with E-state index < -0.39 is 11.6 Å². The molecule has 8 heteroatoms. The van der Waals surface area contributed by atoms with Crippen LogP contribution in [0.3, 0.4) is 0 Å². The molecule has 2 atom stereocenters. The summed E-state index contributed by atoms with van der Waals surface area (Å²) in [5.41, 5.74) is 0.219. The average molecular weight is 450 g/mol. The molecule has 1 N–H and O–H groups in total. The van der Waals surface area contributed by atoms with E-state index in [9.17, 15) is 19.5 Å². The maximum Gasteiger partial charge on any atom is 0.407 e. The molecule has 0 radical (unpaired) electrons. The van der Waals surface area contributed by atoms with Crippen molar-refractivity contribution < 1.29 is 19.5 Å². The monoisotopic (exact) mass is 449 g/mol. The van der Waals surface area contributed by atoms with Gasteiger partial charge in [0.15, 0.2) is 0 Å². The lowest BCUT2D eigenvalue weighted by Gasteiger charge is -2.38. The van der Waals surface area contributed by atoms with Crippen molar-refractivity contribution in [1.82, 2.24) is 14.7 Å². The van der Waals surface area contributed by atoms with E-state index in [2.05, 4.69) is 0 Å². The quantitative estimate of drug-likeness (QED) is 0.762. The third kappa shape index (κ3) is 4.66. The second kappa shape index (κ2) is 9.07. The third-order valence-corrected chi connectivity index (χ3v) is 7.20. The number of carbonyl (C=O) groups excluding carboxylic acids is 2. The van der Waals surface area contributed by atoms with E-state index >= 15 is 0 Å². The van der Waals surface area contributed by atoms with Crippen molar-refractivity contribution in [3.63, 3.8) is 0 Å². The van der Waals surface area contributed by atoms with Crippen molar-refractivity contribution in [2.75, 3.05) is 33.2 Å². The predicted octanol–water partition coefficient (Wildman–Crippen LogP) is 3.53. The Morgan fingerprint density at radius 3 is 2.23 bits per heavy atom. The normalized spacial score (nSPS) is 24.5. The summed E-state index contributed by atoms with van der Waals surface area (Å²) in [5, 5.41) is 10.3. The molecule has 3 rings (SSSR count). The molecule has 31 heavy (non-hydrogen) atoms. The molecule has 0 unspecified atom stereocenters. The summed E-state index contributed by atoms with van der Waals surface area (Å²) in [6.45, 7) is 7.66. The summed E-state index contributed by atoms with van der Waals surface area (Å²) in [6.07, 6.45) is 0.270. The smallest absolute Gasteiger partial charge is 0.407 e. The Hall–Kier alpha value is -2.28. The number of amides is 3. The van der Waals surface area contributed by atoms with Gasteiger partial charge in [0.05, 0.1) is 5.54 Å². The Morgan fingerprint density at radius 1 is 1.13 bits per heavy atom. The second-order valence-corrected chi connectivity index (χ2v) is 9.71. The fourth-order valence-corrected chi connectivity index (χ4v) is 4.96. The van der Waals surface area contributed by atoms with Gasteiger partial charge < -0.3 is 19.8 Å². The van der Waals surface area contributed by atoms with Crippen LogP contribution in [0.25, 0.3) is 0 Å². The van der Waals surface area contributed by atoms with Crippen LogP contribution in [0.1, 0.15) is 45.1 Å². The highest BCUT2D eigenvalue weighted by Crippen LogP contribution is 2.41. The molecule has 2 aliphatic rings. The Labute approximate surface area is 188 Å². The Balaban J connectivity index is 1.76. The van der Waals surface area contributed by atoms with Crippen molar-refractivity contribution in [2.24, 2.45) is 11.8 Å². The minimum absolute atomic E-state index is 0.0433. The van der Waals surface area contributed by atoms with Crippen LogP contribution in [-0.4, -0.2) is 76.5 Å². The number of benzene rings is 1. The number of rotatable bonds is 4. The van der Waals surface area contributed by atoms with Gasteiger partial charge in [-0.05, 0) is 37.5 Å². The third-order valence-electron chi connectivity index (χ3n) is 6.95. The molecule has 1 aromatic rings. The average Bonchev–Trinajstić information content (AvgIpc) is 3.11. The van der Waals surface area contributed by atoms with Crippen molar-refractivity contribution in [2.45, 2.75) is 45.1 Å². The van der Waals surface area contributed by atoms with E-state index in [1.807, 2.05) is 42.7 Å². The van der Waals surface area contributed by atoms with Crippen LogP contribution in [0, 0.1) is 11.8 Å². The first-order valence-electron chi connectivity index (χ1n) is 10.8. The summed E-state index contributed by atoms with van der Waals surface area (Å²) < 4.78 is 0. The molecule has 0 aliphatic carbocycles. The number of hydrogen-bond donors (Lipinski definition) is 1. The first-order chi connectivity index (χ1) is 14.5. The highest BCUT2D eigenvalue weighted by molar-refractivity contribution is 6.30. The fraction of sp³-hybridized carbons (Fsp3) is 0.609. The largest absolute Gasteiger partial charge is 0.465 e. The first kappa shape index (κ1) is 23.4. The molecule has 0 bridgehead atoms. The van der Waals surface area contributed by atoms with Gasteiger partial charge in [0.1, 0.15) is 0 Å². The number of hydrogen-bond acceptors (Lipinski definition) is 3. The molecule has 0 aromatic heterocycles. The number of carboxylic acid groups (broad SMARTS) is 1. The second-order valence-electron chi connectivity index (χ2n) is 9.28. The highest BCUT2D eigenvalue weighted by Gasteiger charge is 2.50. The van der Waals surface area contributed by atoms with Gasteiger partial charge in [-0.3, -0.25) is 9.59 Å². The lowest BCUT2D eigenvalue weighted by atomic mass is 9.82. The standard InChI is InChI=1S/C23H32ClN3O4/c1-15(2)20(28)26-11-9-17(10-12-26)21(29)27-13-19(16-5-7-18(24)8-6-16)23(3,14-27)25(4)22(30)31/h5-8,15,17,19H,9-14H2,1-4H3,(H,30,31)/t19-,23+/m1/s1. The number of likely N-dealkylation sites (tertiary alicyclic amines) is 2. The molecule has 0 saturated carbocycles. The molecule has 0 spiro atoms. The Kier molecular flexibility index (Phi) is 6.84. The van der Waals surface area contributed by atoms with Gasteiger partial charge >= 0.3 is 6.09 Å². The number of likely N-dealkylation sites (N-methyl/N-ethyl adjacent to an activating group) is 1. The van der Waals surface area contributed by atoms with Crippen molar-refractivity contribution in [3.05, 3.63) is 34.9 Å². The fourth-order valence-electron chi connectivity index (χ4n) is 4.83. The van der Waals surface area contributed by atoms with Crippen LogP contribution in [-0.2, 0) is 9.59 Å². The Morgan fingerprint density at radius 2 is 1.71 bits per heavy atom. The lowest BCUT2D eigenvalue weighted by molar-refractivity contribution is -0.141. The van der Waals surface area contributed by atoms with Crippen LogP contribution < -0.4 is 0 Å². The van der Waals surface area contributed by atoms with Gasteiger partial charge in [0.2, 0.25) is 11.8 Å². The molecule has 2 fully saturated rings. The zero-order valence-electron chi connectivity index (χ0n) is 18.7. The minimum atomic E-state index is -1.02. The van der Waals surface area contributed by atoms with Crippen molar-refractivity contribution in [1.29, 1.82) is 0 Å². The molecule has 2 saturated heterocycles. The first-order valence-corrected chi connectivity index (χ1v) is 11.2. The Bertz CT molecular complexity index is 836. The van der Waals surface area contributed by atoms with E-state index in [4.69, 9.17) is 11.6 Å². The van der Waals surface area contributed by atoms with Gasteiger partial charge in [0.25, 0.3) is 0 Å². The highest BCUT2D eigenvalue weighted by atomic mass is 35.5. The number of nitrogens with zero attached hydrogens (tertiary/aromatic N) is 3. The van der Waals surface area contributed by atoms with E-state index in [0.29, 0.717) is 44.0 Å². The summed E-state index contributed by atoms with van der Waals surface area (Å²) >= 11 is 6.04. The molecule has 170 valence electrons. The van der Waals surface area contributed by atoms with Crippen LogP contribution in [0.5, 0.6) is 0 Å². The molecular weight excluding hydrogens is 418 g/mol. The maximum absolute atomic E-state index is 13.4. The molecule has 2 aliphatic heterocycles. The lowest BCUT2D eigenvalue weighted by Crippen LogP contribution is -2.52. The zero-order chi connectivity index (χ0) is 22.9. The van der Waals surface area contributed by atoms with Crippen LogP contribution in [0.4, 0.5) is 4.79 Å². The van der Waals surface area contributed by atoms with Gasteiger partial charge in [-0.1, -0.05) is 37.6 Å². The van der Waals surface area contributed by atoms with Gasteiger partial charge in [-0.2, -0.15) is 0 Å². The predicted molar refractivity (Wildman–Crippen MR) is 119 cm³/mol. The molecule has 1 aromatic carbocycles. The summed E-state index contributed by atoms with van der Waals surface area (Å²) in [4.78, 5) is 42.4. The number of halogens is 1. The maximum atomic E-state index is 13.4. The van der Waals surface area contributed by atoms with E-state index in [1.54, 1.807) is 19.2 Å². The summed E-state index contributed by atoms with van der Waals surface area (Å²) in [7, 11) is 1.56. The molecule has 7 nitrogen and oxygen atoms in total. The van der Waals surface area contributed by atoms with Crippen molar-refractivity contribution >= 4 is 29.5 Å². The van der Waals surface area contributed by atoms with Crippen LogP contribution in [0.15, 0.2) is 24.3 Å². The summed E-state index contributed by atoms with van der Waals surface area (Å²) in [5.74, 6) is -0.154. The number of carbonyl (C=O) groups is 3. The van der Waals surface area contributed by atoms with E-state index in [1.165, 1.54) is 4.90 Å². The van der Waals surface area contributed by atoms with Crippen LogP contribution >= 0.6 is 11.6 Å². The minimum Gasteiger partial charge on any atom is -0.465 e. The van der Waals surface area contributed by atoms with Gasteiger partial charge in [-0.25, -0.2) is 4.79 Å². The summed E-state index contributed by atoms with van der Waals surface area (Å²) in [6, 6.07) is 7.41. The van der Waals surface area contributed by atoms with E-state index in [-0.39, 0.29) is 29.6 Å². The van der Waals surface area contributed by atoms with Crippen LogP contribution in [0.2, 0.25) is 5.02 Å². The van der Waals surface area contributed by atoms with Gasteiger partial charge in [0, 0.05) is 56.0 Å². The topological polar surface area (TPSA) is 81.2 Å². The molecule has 2 heterocycles. The SMILES string of the molecule is CC(C)C(=O)N1CCC(C(=O)N2C[C@H](c3ccc(Cl)cc3)[C@@](C)(N(C)C(=O)O)C2)CC1. The van der Waals surface area contributed by atoms with Gasteiger partial charge in [-0.15, -0.1) is 0 Å². The molecule has 3 amide bonds.